The fourth-order valence-electron chi connectivity index (χ4n) is 2.68. The molecule has 5 heteroatoms. The summed E-state index contributed by atoms with van der Waals surface area (Å²) in [6.07, 6.45) is 5.01. The SMILES string of the molecule is CN(C)CCOc1ccccc1CN=C(N)N1CCCCCC1. The van der Waals surface area contributed by atoms with E-state index in [-0.39, 0.29) is 0 Å². The van der Waals surface area contributed by atoms with Gasteiger partial charge in [0.05, 0.1) is 6.54 Å². The number of hydrogen-bond acceptors (Lipinski definition) is 3. The van der Waals surface area contributed by atoms with Gasteiger partial charge in [0.15, 0.2) is 5.96 Å². The third-order valence-corrected chi connectivity index (χ3v) is 4.11. The number of aliphatic imine (C=N–C) groups is 1. The third kappa shape index (κ3) is 6.10. The number of likely N-dealkylation sites (N-methyl/N-ethyl adjacent to an activating group) is 1. The Hall–Kier alpha value is -1.75. The highest BCUT2D eigenvalue weighted by molar-refractivity contribution is 5.78. The summed E-state index contributed by atoms with van der Waals surface area (Å²) in [6, 6.07) is 8.08. The highest BCUT2D eigenvalue weighted by Crippen LogP contribution is 2.19. The summed E-state index contributed by atoms with van der Waals surface area (Å²) in [5, 5.41) is 0. The van der Waals surface area contributed by atoms with Crippen molar-refractivity contribution in [3.8, 4) is 5.75 Å². The molecule has 128 valence electrons. The van der Waals surface area contributed by atoms with Crippen molar-refractivity contribution in [3.63, 3.8) is 0 Å². The van der Waals surface area contributed by atoms with Gasteiger partial charge in [-0.25, -0.2) is 4.99 Å². The van der Waals surface area contributed by atoms with Crippen LogP contribution >= 0.6 is 0 Å². The number of nitrogens with two attached hydrogens (primary N) is 1. The molecule has 0 atom stereocenters. The van der Waals surface area contributed by atoms with Crippen LogP contribution in [0, 0.1) is 0 Å². The Morgan fingerprint density at radius 2 is 1.87 bits per heavy atom. The van der Waals surface area contributed by atoms with Crippen molar-refractivity contribution in [3.05, 3.63) is 29.8 Å². The number of likely N-dealkylation sites (tertiary alicyclic amines) is 1. The highest BCUT2D eigenvalue weighted by Gasteiger charge is 2.11. The molecule has 0 radical (unpaired) electrons. The second kappa shape index (κ2) is 9.40. The number of nitrogens with zero attached hydrogens (tertiary/aromatic N) is 3. The minimum atomic E-state index is 0.570. The van der Waals surface area contributed by atoms with Gasteiger partial charge in [-0.1, -0.05) is 31.0 Å². The standard InChI is InChI=1S/C18H30N4O/c1-21(2)13-14-23-17-10-6-5-9-16(17)15-20-18(19)22-11-7-3-4-8-12-22/h5-6,9-10H,3-4,7-8,11-15H2,1-2H3,(H2,19,20). The third-order valence-electron chi connectivity index (χ3n) is 4.11. The van der Waals surface area contributed by atoms with Gasteiger partial charge in [0, 0.05) is 25.2 Å². The molecule has 1 saturated heterocycles. The van der Waals surface area contributed by atoms with E-state index in [1.807, 2.05) is 32.3 Å². The van der Waals surface area contributed by atoms with Crippen molar-refractivity contribution in [1.29, 1.82) is 0 Å². The van der Waals surface area contributed by atoms with Crippen molar-refractivity contribution in [2.24, 2.45) is 10.7 Å². The number of ether oxygens (including phenoxy) is 1. The molecular weight excluding hydrogens is 288 g/mol. The zero-order valence-electron chi connectivity index (χ0n) is 14.5. The summed E-state index contributed by atoms with van der Waals surface area (Å²) in [4.78, 5) is 8.91. The minimum absolute atomic E-state index is 0.570. The molecule has 0 aromatic heterocycles. The summed E-state index contributed by atoms with van der Waals surface area (Å²) in [6.45, 7) is 4.19. The van der Waals surface area contributed by atoms with Crippen molar-refractivity contribution < 1.29 is 4.74 Å². The average molecular weight is 318 g/mol. The van der Waals surface area contributed by atoms with Crippen LogP contribution in [0.3, 0.4) is 0 Å². The van der Waals surface area contributed by atoms with E-state index >= 15 is 0 Å². The van der Waals surface area contributed by atoms with Crippen molar-refractivity contribution in [1.82, 2.24) is 9.80 Å². The van der Waals surface area contributed by atoms with Crippen LogP contribution in [0.5, 0.6) is 5.75 Å². The van der Waals surface area contributed by atoms with Crippen molar-refractivity contribution >= 4 is 5.96 Å². The van der Waals surface area contributed by atoms with E-state index in [1.165, 1.54) is 25.7 Å². The van der Waals surface area contributed by atoms with E-state index in [4.69, 9.17) is 10.5 Å². The lowest BCUT2D eigenvalue weighted by Gasteiger charge is -2.21. The molecular formula is C18H30N4O. The second-order valence-corrected chi connectivity index (χ2v) is 6.34. The smallest absolute Gasteiger partial charge is 0.191 e. The minimum Gasteiger partial charge on any atom is -0.492 e. The molecule has 1 heterocycles. The van der Waals surface area contributed by atoms with E-state index in [0.29, 0.717) is 19.1 Å². The van der Waals surface area contributed by atoms with Crippen molar-refractivity contribution in [2.75, 3.05) is 40.3 Å². The molecule has 0 bridgehead atoms. The van der Waals surface area contributed by atoms with E-state index < -0.39 is 0 Å². The van der Waals surface area contributed by atoms with Crippen LogP contribution in [0.1, 0.15) is 31.2 Å². The molecule has 1 aliphatic rings. The van der Waals surface area contributed by atoms with Crippen LogP contribution in [-0.4, -0.2) is 56.1 Å². The van der Waals surface area contributed by atoms with Crippen LogP contribution in [-0.2, 0) is 6.54 Å². The molecule has 5 nitrogen and oxygen atoms in total. The molecule has 0 amide bonds. The Morgan fingerprint density at radius 3 is 2.57 bits per heavy atom. The lowest BCUT2D eigenvalue weighted by atomic mass is 10.2. The van der Waals surface area contributed by atoms with Gasteiger partial charge in [-0.15, -0.1) is 0 Å². The van der Waals surface area contributed by atoms with E-state index in [1.54, 1.807) is 0 Å². The van der Waals surface area contributed by atoms with Crippen LogP contribution in [0.15, 0.2) is 29.3 Å². The monoisotopic (exact) mass is 318 g/mol. The van der Waals surface area contributed by atoms with E-state index in [9.17, 15) is 0 Å². The molecule has 0 unspecified atom stereocenters. The maximum absolute atomic E-state index is 6.18. The van der Waals surface area contributed by atoms with Gasteiger partial charge in [0.1, 0.15) is 12.4 Å². The van der Waals surface area contributed by atoms with Crippen LogP contribution in [0.4, 0.5) is 0 Å². The van der Waals surface area contributed by atoms with Crippen LogP contribution in [0.25, 0.3) is 0 Å². The first-order chi connectivity index (χ1) is 11.2. The molecule has 1 aromatic rings. The Kier molecular flexibility index (Phi) is 7.20. The largest absolute Gasteiger partial charge is 0.492 e. The Balaban J connectivity index is 1.94. The lowest BCUT2D eigenvalue weighted by Crippen LogP contribution is -2.38. The number of hydrogen-bond donors (Lipinski definition) is 1. The lowest BCUT2D eigenvalue weighted by molar-refractivity contribution is 0.259. The van der Waals surface area contributed by atoms with Gasteiger partial charge < -0.3 is 20.3 Å². The number of benzene rings is 1. The molecule has 0 saturated carbocycles. The van der Waals surface area contributed by atoms with Gasteiger partial charge in [-0.3, -0.25) is 0 Å². The summed E-state index contributed by atoms with van der Waals surface area (Å²) >= 11 is 0. The fraction of sp³-hybridized carbons (Fsp3) is 0.611. The molecule has 1 fully saturated rings. The maximum atomic E-state index is 6.18. The molecule has 1 aliphatic heterocycles. The molecule has 2 rings (SSSR count). The summed E-state index contributed by atoms with van der Waals surface area (Å²) in [5.41, 5.74) is 7.27. The zero-order valence-corrected chi connectivity index (χ0v) is 14.5. The van der Waals surface area contributed by atoms with Crippen LogP contribution < -0.4 is 10.5 Å². The van der Waals surface area contributed by atoms with Gasteiger partial charge in [-0.05, 0) is 33.0 Å². The van der Waals surface area contributed by atoms with E-state index in [2.05, 4.69) is 20.9 Å². The quantitative estimate of drug-likeness (QED) is 0.646. The predicted octanol–water partition coefficient (Wildman–Crippen LogP) is 2.32. The van der Waals surface area contributed by atoms with Gasteiger partial charge in [0.25, 0.3) is 0 Å². The van der Waals surface area contributed by atoms with Gasteiger partial charge >= 0.3 is 0 Å². The normalized spacial score (nSPS) is 16.5. The number of guanidine groups is 1. The zero-order chi connectivity index (χ0) is 16.5. The van der Waals surface area contributed by atoms with Crippen LogP contribution in [0.2, 0.25) is 0 Å². The molecule has 23 heavy (non-hydrogen) atoms. The molecule has 1 aromatic carbocycles. The first-order valence-electron chi connectivity index (χ1n) is 8.57. The Bertz CT molecular complexity index is 494. The molecule has 0 aliphatic carbocycles. The fourth-order valence-corrected chi connectivity index (χ4v) is 2.68. The topological polar surface area (TPSA) is 54.1 Å². The summed E-state index contributed by atoms with van der Waals surface area (Å²) in [5.74, 6) is 1.57. The van der Waals surface area contributed by atoms with Gasteiger partial charge in [-0.2, -0.15) is 0 Å². The molecule has 2 N–H and O–H groups in total. The number of rotatable bonds is 6. The van der Waals surface area contributed by atoms with Crippen molar-refractivity contribution in [2.45, 2.75) is 32.2 Å². The Morgan fingerprint density at radius 1 is 1.17 bits per heavy atom. The first-order valence-corrected chi connectivity index (χ1v) is 8.57. The number of para-hydroxylation sites is 1. The summed E-state index contributed by atoms with van der Waals surface area (Å²) in [7, 11) is 4.09. The average Bonchev–Trinajstić information content (AvgIpc) is 2.82. The molecule has 0 spiro atoms. The summed E-state index contributed by atoms with van der Waals surface area (Å²) < 4.78 is 5.88. The maximum Gasteiger partial charge on any atom is 0.191 e. The van der Waals surface area contributed by atoms with E-state index in [0.717, 1.165) is 30.9 Å². The van der Waals surface area contributed by atoms with Gasteiger partial charge in [0.2, 0.25) is 0 Å². The highest BCUT2D eigenvalue weighted by atomic mass is 16.5. The Labute approximate surface area is 140 Å². The predicted molar refractivity (Wildman–Crippen MR) is 95.9 cm³/mol. The second-order valence-electron chi connectivity index (χ2n) is 6.34. The first kappa shape index (κ1) is 17.6.